The standard InChI is InChI=1S/C12H19N3O3/c1-4-13-12(17)15-11(16)9(3)14-8(2)10-6-5-7-18-10/h5-9,14H,4H2,1-3H3,(H2,13,15,16,17)/t8-,9?/m1/s1. The number of nitrogens with one attached hydrogen (secondary N) is 3. The van der Waals surface area contributed by atoms with Gasteiger partial charge in [0, 0.05) is 6.54 Å². The van der Waals surface area contributed by atoms with Crippen LogP contribution in [0.1, 0.15) is 32.6 Å². The maximum Gasteiger partial charge on any atom is 0.321 e. The molecule has 1 aromatic heterocycles. The van der Waals surface area contributed by atoms with Crippen LogP contribution >= 0.6 is 0 Å². The molecule has 0 aliphatic rings. The minimum absolute atomic E-state index is 0.102. The van der Waals surface area contributed by atoms with E-state index in [2.05, 4.69) is 16.0 Å². The molecule has 0 fully saturated rings. The quantitative estimate of drug-likeness (QED) is 0.735. The summed E-state index contributed by atoms with van der Waals surface area (Å²) >= 11 is 0. The molecule has 6 nitrogen and oxygen atoms in total. The summed E-state index contributed by atoms with van der Waals surface area (Å²) in [5.74, 6) is 0.368. The van der Waals surface area contributed by atoms with Crippen molar-refractivity contribution in [3.05, 3.63) is 24.2 Å². The van der Waals surface area contributed by atoms with E-state index in [-0.39, 0.29) is 11.9 Å². The number of hydrogen-bond acceptors (Lipinski definition) is 4. The number of amides is 3. The molecule has 1 unspecified atom stereocenters. The molecule has 0 saturated heterocycles. The van der Waals surface area contributed by atoms with Crippen LogP contribution in [0.3, 0.4) is 0 Å². The summed E-state index contributed by atoms with van der Waals surface area (Å²) in [5, 5.41) is 7.79. The third kappa shape index (κ3) is 4.21. The van der Waals surface area contributed by atoms with E-state index in [1.165, 1.54) is 0 Å². The predicted octanol–water partition coefficient (Wildman–Crippen LogP) is 1.16. The Hall–Kier alpha value is -1.82. The first kappa shape index (κ1) is 14.2. The van der Waals surface area contributed by atoms with Crippen molar-refractivity contribution in [1.82, 2.24) is 16.0 Å². The monoisotopic (exact) mass is 253 g/mol. The molecular formula is C12H19N3O3. The lowest BCUT2D eigenvalue weighted by atomic mass is 10.2. The zero-order chi connectivity index (χ0) is 13.5. The van der Waals surface area contributed by atoms with Crippen molar-refractivity contribution in [2.75, 3.05) is 6.54 Å². The molecule has 18 heavy (non-hydrogen) atoms. The van der Waals surface area contributed by atoms with Gasteiger partial charge in [0.25, 0.3) is 0 Å². The third-order valence-corrected chi connectivity index (χ3v) is 2.44. The van der Waals surface area contributed by atoms with Crippen molar-refractivity contribution in [3.63, 3.8) is 0 Å². The fraction of sp³-hybridized carbons (Fsp3) is 0.500. The van der Waals surface area contributed by atoms with Crippen molar-refractivity contribution < 1.29 is 14.0 Å². The Morgan fingerprint density at radius 2 is 2.11 bits per heavy atom. The first-order chi connectivity index (χ1) is 8.54. The maximum atomic E-state index is 11.7. The normalized spacial score (nSPS) is 13.7. The van der Waals surface area contributed by atoms with Gasteiger partial charge in [-0.25, -0.2) is 4.79 Å². The Morgan fingerprint density at radius 3 is 2.67 bits per heavy atom. The van der Waals surface area contributed by atoms with Crippen LogP contribution in [-0.2, 0) is 4.79 Å². The largest absolute Gasteiger partial charge is 0.468 e. The third-order valence-electron chi connectivity index (χ3n) is 2.44. The van der Waals surface area contributed by atoms with Gasteiger partial charge in [0.2, 0.25) is 5.91 Å². The summed E-state index contributed by atoms with van der Waals surface area (Å²) in [6.07, 6.45) is 1.58. The number of furan rings is 1. The Kier molecular flexibility index (Phi) is 5.38. The topological polar surface area (TPSA) is 83.4 Å². The highest BCUT2D eigenvalue weighted by Gasteiger charge is 2.18. The molecule has 0 bridgehead atoms. The van der Waals surface area contributed by atoms with Crippen LogP contribution in [-0.4, -0.2) is 24.5 Å². The van der Waals surface area contributed by atoms with E-state index in [1.54, 1.807) is 26.2 Å². The number of urea groups is 1. The summed E-state index contributed by atoms with van der Waals surface area (Å²) < 4.78 is 5.22. The molecule has 6 heteroatoms. The van der Waals surface area contributed by atoms with Gasteiger partial charge in [-0.1, -0.05) is 0 Å². The highest BCUT2D eigenvalue weighted by atomic mass is 16.3. The Morgan fingerprint density at radius 1 is 1.39 bits per heavy atom. The summed E-state index contributed by atoms with van der Waals surface area (Å²) in [4.78, 5) is 22.9. The summed E-state index contributed by atoms with van der Waals surface area (Å²) in [6, 6.07) is 2.53. The molecule has 100 valence electrons. The molecular weight excluding hydrogens is 234 g/mol. The maximum absolute atomic E-state index is 11.7. The van der Waals surface area contributed by atoms with E-state index in [9.17, 15) is 9.59 Å². The number of carbonyl (C=O) groups is 2. The highest BCUT2D eigenvalue weighted by molar-refractivity contribution is 5.96. The lowest BCUT2D eigenvalue weighted by molar-refractivity contribution is -0.121. The van der Waals surface area contributed by atoms with E-state index in [0.717, 1.165) is 5.76 Å². The molecule has 1 rings (SSSR count). The first-order valence-electron chi connectivity index (χ1n) is 5.92. The van der Waals surface area contributed by atoms with Crippen LogP contribution < -0.4 is 16.0 Å². The smallest absolute Gasteiger partial charge is 0.321 e. The molecule has 2 atom stereocenters. The first-order valence-corrected chi connectivity index (χ1v) is 5.92. The molecule has 3 N–H and O–H groups in total. The molecule has 0 spiro atoms. The van der Waals surface area contributed by atoms with E-state index in [4.69, 9.17) is 4.42 Å². The van der Waals surface area contributed by atoms with Gasteiger partial charge in [-0.05, 0) is 32.9 Å². The van der Waals surface area contributed by atoms with Gasteiger partial charge < -0.3 is 9.73 Å². The van der Waals surface area contributed by atoms with E-state index in [0.29, 0.717) is 6.54 Å². The van der Waals surface area contributed by atoms with Crippen LogP contribution in [0.25, 0.3) is 0 Å². The Bertz CT molecular complexity index is 389. The number of hydrogen-bond donors (Lipinski definition) is 3. The lowest BCUT2D eigenvalue weighted by Crippen LogP contribution is -2.48. The average Bonchev–Trinajstić information content (AvgIpc) is 2.82. The van der Waals surface area contributed by atoms with Crippen LogP contribution in [0.4, 0.5) is 4.79 Å². The van der Waals surface area contributed by atoms with Crippen LogP contribution in [0.5, 0.6) is 0 Å². The highest BCUT2D eigenvalue weighted by Crippen LogP contribution is 2.12. The van der Waals surface area contributed by atoms with Crippen LogP contribution in [0, 0.1) is 0 Å². The Labute approximate surface area is 106 Å². The molecule has 0 aromatic carbocycles. The molecule has 0 radical (unpaired) electrons. The van der Waals surface area contributed by atoms with E-state index in [1.807, 2.05) is 13.0 Å². The second-order valence-corrected chi connectivity index (χ2v) is 3.97. The summed E-state index contributed by atoms with van der Waals surface area (Å²) in [5.41, 5.74) is 0. The number of carbonyl (C=O) groups excluding carboxylic acids is 2. The van der Waals surface area contributed by atoms with Crippen LogP contribution in [0.2, 0.25) is 0 Å². The molecule has 0 aliphatic carbocycles. The van der Waals surface area contributed by atoms with Gasteiger partial charge in [0.1, 0.15) is 5.76 Å². The van der Waals surface area contributed by atoms with Crippen molar-refractivity contribution in [2.24, 2.45) is 0 Å². The van der Waals surface area contributed by atoms with Gasteiger partial charge in [-0.3, -0.25) is 15.4 Å². The molecule has 1 aromatic rings. The fourth-order valence-corrected chi connectivity index (χ4v) is 1.50. The second kappa shape index (κ2) is 6.80. The minimum Gasteiger partial charge on any atom is -0.468 e. The second-order valence-electron chi connectivity index (χ2n) is 3.97. The zero-order valence-electron chi connectivity index (χ0n) is 10.8. The Balaban J connectivity index is 2.42. The van der Waals surface area contributed by atoms with Gasteiger partial charge in [-0.2, -0.15) is 0 Å². The summed E-state index contributed by atoms with van der Waals surface area (Å²) in [7, 11) is 0. The zero-order valence-corrected chi connectivity index (χ0v) is 10.8. The summed E-state index contributed by atoms with van der Waals surface area (Å²) in [6.45, 7) is 5.83. The molecule has 0 aliphatic heterocycles. The number of imide groups is 1. The predicted molar refractivity (Wildman–Crippen MR) is 66.9 cm³/mol. The fourth-order valence-electron chi connectivity index (χ4n) is 1.50. The van der Waals surface area contributed by atoms with Gasteiger partial charge in [0.15, 0.2) is 0 Å². The van der Waals surface area contributed by atoms with Crippen LogP contribution in [0.15, 0.2) is 22.8 Å². The molecule has 3 amide bonds. The van der Waals surface area contributed by atoms with Crippen molar-refractivity contribution >= 4 is 11.9 Å². The van der Waals surface area contributed by atoms with E-state index < -0.39 is 12.1 Å². The van der Waals surface area contributed by atoms with Gasteiger partial charge >= 0.3 is 6.03 Å². The lowest BCUT2D eigenvalue weighted by Gasteiger charge is -2.17. The van der Waals surface area contributed by atoms with Gasteiger partial charge in [-0.15, -0.1) is 0 Å². The molecule has 0 saturated carbocycles. The van der Waals surface area contributed by atoms with Crippen molar-refractivity contribution in [1.29, 1.82) is 0 Å². The van der Waals surface area contributed by atoms with E-state index >= 15 is 0 Å². The van der Waals surface area contributed by atoms with Crippen molar-refractivity contribution in [2.45, 2.75) is 32.9 Å². The molecule has 1 heterocycles. The van der Waals surface area contributed by atoms with Crippen molar-refractivity contribution in [3.8, 4) is 0 Å². The van der Waals surface area contributed by atoms with Gasteiger partial charge in [0.05, 0.1) is 18.3 Å². The SMILES string of the molecule is CCNC(=O)NC(=O)C(C)N[C@H](C)c1ccco1. The average molecular weight is 253 g/mol. The minimum atomic E-state index is -0.493. The number of rotatable bonds is 5.